The zero-order chi connectivity index (χ0) is 13.7. The van der Waals surface area contributed by atoms with Gasteiger partial charge in [-0.25, -0.2) is 14.4 Å². The maximum Gasteiger partial charge on any atom is 0.182 e. The minimum Gasteiger partial charge on any atom is -0.386 e. The van der Waals surface area contributed by atoms with E-state index in [2.05, 4.69) is 15.3 Å². The number of anilines is 1. The van der Waals surface area contributed by atoms with Gasteiger partial charge in [-0.05, 0) is 6.07 Å². The van der Waals surface area contributed by atoms with Crippen molar-refractivity contribution in [1.29, 1.82) is 5.26 Å². The lowest BCUT2D eigenvalue weighted by atomic mass is 10.1. The van der Waals surface area contributed by atoms with E-state index in [0.29, 0.717) is 0 Å². The first-order chi connectivity index (χ1) is 9.22. The summed E-state index contributed by atoms with van der Waals surface area (Å²) >= 11 is 0. The molecule has 0 spiro atoms. The topological polar surface area (TPSA) is 81.8 Å². The molecule has 1 heterocycles. The molecule has 5 nitrogen and oxygen atoms in total. The molecule has 1 aromatic carbocycles. The number of aliphatic hydroxyl groups is 1. The van der Waals surface area contributed by atoms with Crippen molar-refractivity contribution in [3.8, 4) is 6.07 Å². The van der Waals surface area contributed by atoms with Gasteiger partial charge >= 0.3 is 0 Å². The molecule has 2 aromatic rings. The smallest absolute Gasteiger partial charge is 0.182 e. The van der Waals surface area contributed by atoms with Crippen LogP contribution in [-0.4, -0.2) is 21.6 Å². The third-order valence-electron chi connectivity index (χ3n) is 2.53. The van der Waals surface area contributed by atoms with Crippen molar-refractivity contribution in [3.05, 3.63) is 53.7 Å². The fraction of sp³-hybridized carbons (Fsp3) is 0.154. The van der Waals surface area contributed by atoms with Gasteiger partial charge < -0.3 is 10.4 Å². The van der Waals surface area contributed by atoms with Gasteiger partial charge in [-0.15, -0.1) is 0 Å². The standard InChI is InChI=1S/C13H11FN4O/c14-10-4-2-1-3-9(10)12(19)8-18-13-11(7-15)16-5-6-17-13/h1-6,12,19H,8H2,(H,17,18). The molecule has 2 rings (SSSR count). The van der Waals surface area contributed by atoms with Gasteiger partial charge in [0.15, 0.2) is 11.5 Å². The Morgan fingerprint density at radius 2 is 2.05 bits per heavy atom. The SMILES string of the molecule is N#Cc1nccnc1NCC(O)c1ccccc1F. The minimum atomic E-state index is -1.03. The van der Waals surface area contributed by atoms with Gasteiger partial charge in [0.25, 0.3) is 0 Å². The highest BCUT2D eigenvalue weighted by atomic mass is 19.1. The van der Waals surface area contributed by atoms with Crippen LogP contribution in [0.4, 0.5) is 10.2 Å². The highest BCUT2D eigenvalue weighted by molar-refractivity contribution is 5.46. The van der Waals surface area contributed by atoms with Crippen molar-refractivity contribution in [1.82, 2.24) is 9.97 Å². The van der Waals surface area contributed by atoms with Crippen molar-refractivity contribution in [2.75, 3.05) is 11.9 Å². The zero-order valence-electron chi connectivity index (χ0n) is 9.92. The highest BCUT2D eigenvalue weighted by Crippen LogP contribution is 2.17. The first-order valence-corrected chi connectivity index (χ1v) is 5.60. The predicted octanol–water partition coefficient (Wildman–Crippen LogP) is 1.63. The molecular formula is C13H11FN4O. The second-order valence-corrected chi connectivity index (χ2v) is 3.78. The van der Waals surface area contributed by atoms with Gasteiger partial charge in [-0.1, -0.05) is 18.2 Å². The molecule has 96 valence electrons. The van der Waals surface area contributed by atoms with Gasteiger partial charge in [-0.3, -0.25) is 0 Å². The number of nitrogens with one attached hydrogen (secondary N) is 1. The molecular weight excluding hydrogens is 247 g/mol. The Labute approximate surface area is 109 Å². The van der Waals surface area contributed by atoms with E-state index >= 15 is 0 Å². The lowest BCUT2D eigenvalue weighted by Gasteiger charge is -2.13. The van der Waals surface area contributed by atoms with Crippen LogP contribution in [0, 0.1) is 17.1 Å². The van der Waals surface area contributed by atoms with E-state index in [1.165, 1.54) is 24.5 Å². The van der Waals surface area contributed by atoms with Gasteiger partial charge in [0.2, 0.25) is 0 Å². The van der Waals surface area contributed by atoms with Gasteiger partial charge in [-0.2, -0.15) is 5.26 Å². The van der Waals surface area contributed by atoms with E-state index in [-0.39, 0.29) is 23.6 Å². The molecule has 0 aliphatic heterocycles. The molecule has 0 saturated heterocycles. The van der Waals surface area contributed by atoms with E-state index in [0.717, 1.165) is 0 Å². The average molecular weight is 258 g/mol. The number of nitriles is 1. The molecule has 2 N–H and O–H groups in total. The predicted molar refractivity (Wildman–Crippen MR) is 66.6 cm³/mol. The molecule has 6 heteroatoms. The maximum atomic E-state index is 13.4. The molecule has 0 saturated carbocycles. The number of hydrogen-bond donors (Lipinski definition) is 2. The fourth-order valence-corrected chi connectivity index (χ4v) is 1.60. The Balaban J connectivity index is 2.07. The van der Waals surface area contributed by atoms with Crippen molar-refractivity contribution >= 4 is 5.82 Å². The van der Waals surface area contributed by atoms with Crippen LogP contribution in [0.2, 0.25) is 0 Å². The van der Waals surface area contributed by atoms with Crippen molar-refractivity contribution in [2.45, 2.75) is 6.10 Å². The molecule has 1 atom stereocenters. The quantitative estimate of drug-likeness (QED) is 0.871. The summed E-state index contributed by atoms with van der Waals surface area (Å²) in [5, 5.41) is 21.5. The molecule has 0 radical (unpaired) electrons. The molecule has 0 amide bonds. The zero-order valence-corrected chi connectivity index (χ0v) is 9.92. The van der Waals surface area contributed by atoms with E-state index in [1.807, 2.05) is 6.07 Å². The molecule has 0 bridgehead atoms. The number of benzene rings is 1. The van der Waals surface area contributed by atoms with E-state index in [4.69, 9.17) is 5.26 Å². The molecule has 19 heavy (non-hydrogen) atoms. The molecule has 0 aliphatic carbocycles. The Bertz CT molecular complexity index is 612. The highest BCUT2D eigenvalue weighted by Gasteiger charge is 2.13. The Kier molecular flexibility index (Phi) is 4.00. The summed E-state index contributed by atoms with van der Waals surface area (Å²) in [5.74, 6) is -0.211. The Hall–Kier alpha value is -2.52. The molecule has 0 fully saturated rings. The van der Waals surface area contributed by atoms with Crippen LogP contribution in [0.5, 0.6) is 0 Å². The second kappa shape index (κ2) is 5.89. The normalized spacial score (nSPS) is 11.6. The largest absolute Gasteiger partial charge is 0.386 e. The van der Waals surface area contributed by atoms with Crippen molar-refractivity contribution in [2.24, 2.45) is 0 Å². The third kappa shape index (κ3) is 3.03. The maximum absolute atomic E-state index is 13.4. The van der Waals surface area contributed by atoms with Crippen LogP contribution in [-0.2, 0) is 0 Å². The minimum absolute atomic E-state index is 0.0360. The van der Waals surface area contributed by atoms with Crippen LogP contribution in [0.1, 0.15) is 17.4 Å². The van der Waals surface area contributed by atoms with Crippen LogP contribution in [0.15, 0.2) is 36.7 Å². The molecule has 1 unspecified atom stereocenters. The van der Waals surface area contributed by atoms with Crippen LogP contribution >= 0.6 is 0 Å². The lowest BCUT2D eigenvalue weighted by molar-refractivity contribution is 0.186. The van der Waals surface area contributed by atoms with Crippen LogP contribution < -0.4 is 5.32 Å². The number of aliphatic hydroxyl groups excluding tert-OH is 1. The van der Waals surface area contributed by atoms with Gasteiger partial charge in [0.05, 0.1) is 6.10 Å². The Morgan fingerprint density at radius 1 is 1.32 bits per heavy atom. The first kappa shape index (κ1) is 12.9. The summed E-state index contributed by atoms with van der Waals surface area (Å²) in [6.07, 6.45) is 1.80. The summed E-state index contributed by atoms with van der Waals surface area (Å²) in [5.41, 5.74) is 0.320. The number of halogens is 1. The summed E-state index contributed by atoms with van der Waals surface area (Å²) in [6.45, 7) is 0.0360. The molecule has 0 aliphatic rings. The summed E-state index contributed by atoms with van der Waals surface area (Å²) < 4.78 is 13.4. The lowest BCUT2D eigenvalue weighted by Crippen LogP contribution is -2.15. The summed E-state index contributed by atoms with van der Waals surface area (Å²) in [7, 11) is 0. The van der Waals surface area contributed by atoms with Crippen molar-refractivity contribution in [3.63, 3.8) is 0 Å². The third-order valence-corrected chi connectivity index (χ3v) is 2.53. The van der Waals surface area contributed by atoms with Crippen LogP contribution in [0.25, 0.3) is 0 Å². The summed E-state index contributed by atoms with van der Waals surface area (Å²) in [4.78, 5) is 7.76. The Morgan fingerprint density at radius 3 is 2.79 bits per heavy atom. The van der Waals surface area contributed by atoms with Crippen molar-refractivity contribution < 1.29 is 9.50 Å². The number of aromatic nitrogens is 2. The van der Waals surface area contributed by atoms with Crippen LogP contribution in [0.3, 0.4) is 0 Å². The van der Waals surface area contributed by atoms with E-state index < -0.39 is 11.9 Å². The van der Waals surface area contributed by atoms with E-state index in [1.54, 1.807) is 12.1 Å². The number of rotatable bonds is 4. The average Bonchev–Trinajstić information content (AvgIpc) is 2.45. The number of hydrogen-bond acceptors (Lipinski definition) is 5. The fourth-order valence-electron chi connectivity index (χ4n) is 1.60. The van der Waals surface area contributed by atoms with Gasteiger partial charge in [0.1, 0.15) is 11.9 Å². The van der Waals surface area contributed by atoms with E-state index in [9.17, 15) is 9.50 Å². The summed E-state index contributed by atoms with van der Waals surface area (Å²) in [6, 6.07) is 7.86. The first-order valence-electron chi connectivity index (χ1n) is 5.60. The molecule has 1 aromatic heterocycles. The van der Waals surface area contributed by atoms with Gasteiger partial charge in [0, 0.05) is 24.5 Å². The number of nitrogens with zero attached hydrogens (tertiary/aromatic N) is 3. The monoisotopic (exact) mass is 258 g/mol. The second-order valence-electron chi connectivity index (χ2n) is 3.78.